The van der Waals surface area contributed by atoms with Gasteiger partial charge in [-0.1, -0.05) is 6.07 Å². The Morgan fingerprint density at radius 3 is 2.54 bits per heavy atom. The summed E-state index contributed by atoms with van der Waals surface area (Å²) in [5.41, 5.74) is 0.882. The number of morpholine rings is 1. The largest absolute Gasteiger partial charge is 0.373 e. The van der Waals surface area contributed by atoms with Crippen LogP contribution < -0.4 is 5.32 Å². The molecule has 144 valence electrons. The number of carbonyl (C=O) groups is 1. The highest BCUT2D eigenvalue weighted by Gasteiger charge is 2.27. The van der Waals surface area contributed by atoms with Gasteiger partial charge in [0, 0.05) is 28.9 Å². The lowest BCUT2D eigenvalue weighted by Crippen LogP contribution is -2.48. The van der Waals surface area contributed by atoms with Crippen molar-refractivity contribution in [2.45, 2.75) is 38.9 Å². The van der Waals surface area contributed by atoms with Gasteiger partial charge >= 0.3 is 0 Å². The van der Waals surface area contributed by atoms with Crippen LogP contribution in [0.5, 0.6) is 0 Å². The van der Waals surface area contributed by atoms with Crippen LogP contribution in [0.1, 0.15) is 26.7 Å². The van der Waals surface area contributed by atoms with Crippen LogP contribution in [0.4, 0.5) is 5.69 Å². The predicted molar refractivity (Wildman–Crippen MR) is 113 cm³/mol. The SMILES string of the molecule is C[C@@H]1CN(CC2CCN(CC(=O)Nc3cccc(I)c3)CC2)C[C@@H](C)O1. The third kappa shape index (κ3) is 6.18. The van der Waals surface area contributed by atoms with Crippen LogP contribution in [-0.4, -0.2) is 67.2 Å². The van der Waals surface area contributed by atoms with Gasteiger partial charge in [0.15, 0.2) is 0 Å². The van der Waals surface area contributed by atoms with Crippen LogP contribution in [-0.2, 0) is 9.53 Å². The number of piperidine rings is 1. The third-order valence-electron chi connectivity index (χ3n) is 5.19. The molecule has 0 unspecified atom stereocenters. The first kappa shape index (κ1) is 20.0. The summed E-state index contributed by atoms with van der Waals surface area (Å²) in [6.07, 6.45) is 3.03. The van der Waals surface area contributed by atoms with Gasteiger partial charge in [0.25, 0.3) is 0 Å². The molecule has 0 aliphatic carbocycles. The van der Waals surface area contributed by atoms with Crippen LogP contribution in [0.15, 0.2) is 24.3 Å². The maximum Gasteiger partial charge on any atom is 0.238 e. The Labute approximate surface area is 170 Å². The molecular formula is C20H30IN3O2. The molecule has 1 aromatic carbocycles. The molecule has 0 saturated carbocycles. The Morgan fingerprint density at radius 2 is 1.88 bits per heavy atom. The van der Waals surface area contributed by atoms with Gasteiger partial charge in [-0.3, -0.25) is 14.6 Å². The topological polar surface area (TPSA) is 44.8 Å². The number of hydrogen-bond acceptors (Lipinski definition) is 4. The summed E-state index contributed by atoms with van der Waals surface area (Å²) in [4.78, 5) is 17.1. The molecule has 26 heavy (non-hydrogen) atoms. The van der Waals surface area contributed by atoms with E-state index < -0.39 is 0 Å². The maximum absolute atomic E-state index is 12.3. The van der Waals surface area contributed by atoms with Gasteiger partial charge in [-0.25, -0.2) is 0 Å². The average molecular weight is 471 g/mol. The van der Waals surface area contributed by atoms with Gasteiger partial charge < -0.3 is 10.1 Å². The number of amides is 1. The number of ether oxygens (including phenoxy) is 1. The molecule has 2 aliphatic rings. The lowest BCUT2D eigenvalue weighted by atomic mass is 9.95. The molecule has 2 atom stereocenters. The number of anilines is 1. The fourth-order valence-corrected chi connectivity index (χ4v) is 4.64. The molecule has 0 radical (unpaired) electrons. The van der Waals surface area contributed by atoms with Gasteiger partial charge in [0.1, 0.15) is 0 Å². The summed E-state index contributed by atoms with van der Waals surface area (Å²) in [6, 6.07) is 7.93. The number of nitrogens with one attached hydrogen (secondary N) is 1. The number of benzene rings is 1. The number of nitrogens with zero attached hydrogens (tertiary/aromatic N) is 2. The summed E-state index contributed by atoms with van der Waals surface area (Å²) >= 11 is 2.26. The molecule has 2 fully saturated rings. The van der Waals surface area contributed by atoms with Crippen molar-refractivity contribution in [2.24, 2.45) is 5.92 Å². The maximum atomic E-state index is 12.3. The zero-order chi connectivity index (χ0) is 18.5. The first-order valence-electron chi connectivity index (χ1n) is 9.63. The summed E-state index contributed by atoms with van der Waals surface area (Å²) in [5, 5.41) is 3.01. The van der Waals surface area contributed by atoms with Crippen molar-refractivity contribution in [3.05, 3.63) is 27.8 Å². The molecule has 1 aromatic rings. The van der Waals surface area contributed by atoms with Crippen molar-refractivity contribution in [3.8, 4) is 0 Å². The number of carbonyl (C=O) groups excluding carboxylic acids is 1. The Hall–Kier alpha value is -0.700. The van der Waals surface area contributed by atoms with E-state index in [2.05, 4.69) is 51.6 Å². The normalized spacial score (nSPS) is 26.0. The van der Waals surface area contributed by atoms with E-state index in [1.807, 2.05) is 24.3 Å². The van der Waals surface area contributed by atoms with Gasteiger partial charge in [0.05, 0.1) is 18.8 Å². The molecule has 6 heteroatoms. The van der Waals surface area contributed by atoms with E-state index in [1.54, 1.807) is 0 Å². The first-order valence-corrected chi connectivity index (χ1v) is 10.7. The first-order chi connectivity index (χ1) is 12.5. The van der Waals surface area contributed by atoms with Crippen molar-refractivity contribution in [1.29, 1.82) is 0 Å². The quantitative estimate of drug-likeness (QED) is 0.671. The van der Waals surface area contributed by atoms with Crippen molar-refractivity contribution < 1.29 is 9.53 Å². The fraction of sp³-hybridized carbons (Fsp3) is 0.650. The summed E-state index contributed by atoms with van der Waals surface area (Å²) in [5.74, 6) is 0.823. The molecule has 0 aromatic heterocycles. The van der Waals surface area contributed by atoms with Gasteiger partial charge in [-0.15, -0.1) is 0 Å². The summed E-state index contributed by atoms with van der Waals surface area (Å²) < 4.78 is 6.96. The molecular weight excluding hydrogens is 441 g/mol. The molecule has 2 saturated heterocycles. The number of hydrogen-bond donors (Lipinski definition) is 1. The molecule has 3 rings (SSSR count). The second-order valence-electron chi connectivity index (χ2n) is 7.75. The minimum Gasteiger partial charge on any atom is -0.373 e. The number of likely N-dealkylation sites (tertiary alicyclic amines) is 1. The minimum absolute atomic E-state index is 0.0845. The van der Waals surface area contributed by atoms with Crippen molar-refractivity contribution in [3.63, 3.8) is 0 Å². The predicted octanol–water partition coefficient (Wildman–Crippen LogP) is 3.05. The lowest BCUT2D eigenvalue weighted by Gasteiger charge is -2.39. The molecule has 0 spiro atoms. The van der Waals surface area contributed by atoms with Gasteiger partial charge in [-0.2, -0.15) is 0 Å². The average Bonchev–Trinajstić information content (AvgIpc) is 2.55. The Balaban J connectivity index is 1.39. The zero-order valence-electron chi connectivity index (χ0n) is 15.8. The van der Waals surface area contributed by atoms with E-state index in [0.717, 1.165) is 41.4 Å². The Bertz CT molecular complexity index is 594. The monoisotopic (exact) mass is 471 g/mol. The van der Waals surface area contributed by atoms with E-state index in [0.29, 0.717) is 18.8 Å². The van der Waals surface area contributed by atoms with E-state index >= 15 is 0 Å². The van der Waals surface area contributed by atoms with E-state index in [9.17, 15) is 4.79 Å². The summed E-state index contributed by atoms with van der Waals surface area (Å²) in [6.45, 7) is 10.1. The highest BCUT2D eigenvalue weighted by atomic mass is 127. The molecule has 5 nitrogen and oxygen atoms in total. The van der Waals surface area contributed by atoms with Crippen LogP contribution in [0, 0.1) is 9.49 Å². The second-order valence-corrected chi connectivity index (χ2v) is 9.00. The Morgan fingerprint density at radius 1 is 1.19 bits per heavy atom. The second kappa shape index (κ2) is 9.48. The molecule has 2 aliphatic heterocycles. The number of rotatable bonds is 5. The standard InChI is InChI=1S/C20H30IN3O2/c1-15-11-24(12-16(2)26-15)13-17-6-8-23(9-7-17)14-20(25)22-19-5-3-4-18(21)10-19/h3-5,10,15-17H,6-9,11-14H2,1-2H3,(H,22,25)/t15-,16-/m1/s1. The van der Waals surface area contributed by atoms with E-state index in [-0.39, 0.29) is 5.91 Å². The third-order valence-corrected chi connectivity index (χ3v) is 5.87. The van der Waals surface area contributed by atoms with Crippen LogP contribution in [0.25, 0.3) is 0 Å². The smallest absolute Gasteiger partial charge is 0.238 e. The molecule has 0 bridgehead atoms. The summed E-state index contributed by atoms with van der Waals surface area (Å²) in [7, 11) is 0. The van der Waals surface area contributed by atoms with E-state index in [1.165, 1.54) is 19.4 Å². The van der Waals surface area contributed by atoms with Crippen LogP contribution >= 0.6 is 22.6 Å². The molecule has 2 heterocycles. The molecule has 1 amide bonds. The van der Waals surface area contributed by atoms with Crippen molar-refractivity contribution in [2.75, 3.05) is 44.6 Å². The van der Waals surface area contributed by atoms with Crippen molar-refractivity contribution in [1.82, 2.24) is 9.80 Å². The molecule has 1 N–H and O–H groups in total. The minimum atomic E-state index is 0.0845. The van der Waals surface area contributed by atoms with Crippen LogP contribution in [0.3, 0.4) is 0 Å². The highest BCUT2D eigenvalue weighted by Crippen LogP contribution is 2.21. The van der Waals surface area contributed by atoms with Gasteiger partial charge in [0.2, 0.25) is 5.91 Å². The zero-order valence-corrected chi connectivity index (χ0v) is 17.9. The van der Waals surface area contributed by atoms with E-state index in [4.69, 9.17) is 4.74 Å². The van der Waals surface area contributed by atoms with Gasteiger partial charge in [-0.05, 0) is 86.5 Å². The van der Waals surface area contributed by atoms with Crippen molar-refractivity contribution >= 4 is 34.2 Å². The van der Waals surface area contributed by atoms with Crippen LogP contribution in [0.2, 0.25) is 0 Å². The number of halogens is 1. The lowest BCUT2D eigenvalue weighted by molar-refractivity contribution is -0.117. The Kier molecular flexibility index (Phi) is 7.31. The fourth-order valence-electron chi connectivity index (χ4n) is 4.10. The highest BCUT2D eigenvalue weighted by molar-refractivity contribution is 14.1.